The zero-order chi connectivity index (χ0) is 32.2. The van der Waals surface area contributed by atoms with Crippen molar-refractivity contribution in [2.75, 3.05) is 11.4 Å². The van der Waals surface area contributed by atoms with E-state index in [0.29, 0.717) is 17.8 Å². The third kappa shape index (κ3) is 4.86. The number of benzene rings is 6. The van der Waals surface area contributed by atoms with Gasteiger partial charge in [-0.15, -0.1) is 0 Å². The third-order valence-electron chi connectivity index (χ3n) is 10.7. The van der Waals surface area contributed by atoms with Gasteiger partial charge in [0.25, 0.3) is 0 Å². The number of para-hydroxylation sites is 1. The molecule has 0 N–H and O–H groups in total. The lowest BCUT2D eigenvalue weighted by Crippen LogP contribution is -2.34. The highest BCUT2D eigenvalue weighted by atomic mass is 15.2. The Morgan fingerprint density at radius 2 is 1.44 bits per heavy atom. The van der Waals surface area contributed by atoms with Gasteiger partial charge >= 0.3 is 0 Å². The fourth-order valence-corrected chi connectivity index (χ4v) is 8.13. The molecule has 0 radical (unpaired) electrons. The third-order valence-corrected chi connectivity index (χ3v) is 10.7. The van der Waals surface area contributed by atoms with Gasteiger partial charge in [0.2, 0.25) is 0 Å². The molecule has 1 aliphatic heterocycles. The van der Waals surface area contributed by atoms with Crippen LogP contribution in [0.4, 0.5) is 5.69 Å². The monoisotopic (exact) mass is 620 g/mol. The number of hydrogen-bond donors (Lipinski definition) is 0. The first-order valence-electron chi connectivity index (χ1n) is 17.5. The summed E-state index contributed by atoms with van der Waals surface area (Å²) in [6.07, 6.45) is 9.35. The minimum Gasteiger partial charge on any atom is -0.341 e. The molecule has 0 saturated heterocycles. The molecule has 1 aliphatic carbocycles. The minimum atomic E-state index is 0.359. The van der Waals surface area contributed by atoms with Crippen LogP contribution in [0, 0.1) is 0 Å². The summed E-state index contributed by atoms with van der Waals surface area (Å²) in [4.78, 5) is 2.59. The molecule has 2 heteroatoms. The van der Waals surface area contributed by atoms with E-state index in [2.05, 4.69) is 175 Å². The van der Waals surface area contributed by atoms with Crippen molar-refractivity contribution < 1.29 is 0 Å². The maximum absolute atomic E-state index is 2.59. The van der Waals surface area contributed by atoms with Crippen molar-refractivity contribution in [3.8, 4) is 5.69 Å². The molecule has 0 bridgehead atoms. The van der Waals surface area contributed by atoms with Crippen LogP contribution < -0.4 is 4.90 Å². The first-order chi connectivity index (χ1) is 23.6. The van der Waals surface area contributed by atoms with Crippen LogP contribution in [0.25, 0.3) is 38.3 Å². The number of allylic oxidation sites excluding steroid dienone is 3. The Kier molecular flexibility index (Phi) is 7.04. The quantitative estimate of drug-likeness (QED) is 0.186. The van der Waals surface area contributed by atoms with E-state index >= 15 is 0 Å². The Bertz CT molecular complexity index is 2350. The second-order valence-corrected chi connectivity index (χ2v) is 13.9. The lowest BCUT2D eigenvalue weighted by Gasteiger charge is -2.38. The van der Waals surface area contributed by atoms with Gasteiger partial charge in [0, 0.05) is 51.6 Å². The Morgan fingerprint density at radius 1 is 0.667 bits per heavy atom. The van der Waals surface area contributed by atoms with E-state index in [1.807, 2.05) is 0 Å². The van der Waals surface area contributed by atoms with Gasteiger partial charge in [-0.1, -0.05) is 135 Å². The molecular formula is C46H40N2. The van der Waals surface area contributed by atoms with Crippen molar-refractivity contribution in [1.82, 2.24) is 4.57 Å². The fraction of sp³-hybridized carbons (Fsp3) is 0.174. The number of anilines is 1. The number of hydrogen-bond acceptors (Lipinski definition) is 1. The molecule has 0 saturated carbocycles. The highest BCUT2D eigenvalue weighted by Gasteiger charge is 2.28. The molecule has 0 fully saturated rings. The van der Waals surface area contributed by atoms with Crippen LogP contribution in [0.3, 0.4) is 0 Å². The molecular weight excluding hydrogens is 581 g/mol. The van der Waals surface area contributed by atoms with E-state index in [-0.39, 0.29) is 0 Å². The van der Waals surface area contributed by atoms with Crippen molar-refractivity contribution >= 4 is 38.3 Å². The summed E-state index contributed by atoms with van der Waals surface area (Å²) in [5, 5.41) is 5.16. The van der Waals surface area contributed by atoms with Crippen LogP contribution in [0.15, 0.2) is 157 Å². The Labute approximate surface area is 283 Å². The Hall–Kier alpha value is -5.34. The summed E-state index contributed by atoms with van der Waals surface area (Å²) in [7, 11) is 0. The lowest BCUT2D eigenvalue weighted by atomic mass is 9.84. The number of fused-ring (bicyclic) bond motifs is 6. The van der Waals surface area contributed by atoms with Crippen molar-refractivity contribution in [2.24, 2.45) is 0 Å². The van der Waals surface area contributed by atoms with Crippen LogP contribution in [0.5, 0.6) is 0 Å². The molecule has 2 nitrogen and oxygen atoms in total. The standard InChI is InChI=1S/C46H40N2/c1-31(2)36-16-17-37-28-38(32-10-4-3-5-11-32)30-47(45(37)29-36)39-23-18-33(19-24-39)34-20-25-40(26-21-34)48-44-15-9-8-14-42(44)43-27-22-35-12-6-7-13-41(35)46(43)48/h3-18,20-27,29,31,33,38H,19,28,30H2,1-2H3. The van der Waals surface area contributed by atoms with Crippen LogP contribution in [0.1, 0.15) is 60.3 Å². The van der Waals surface area contributed by atoms with Gasteiger partial charge in [-0.2, -0.15) is 0 Å². The van der Waals surface area contributed by atoms with Gasteiger partial charge in [-0.3, -0.25) is 0 Å². The zero-order valence-corrected chi connectivity index (χ0v) is 27.7. The average molecular weight is 621 g/mol. The average Bonchev–Trinajstić information content (AvgIpc) is 3.49. The maximum atomic E-state index is 2.59. The molecule has 1 aromatic heterocycles. The van der Waals surface area contributed by atoms with E-state index in [0.717, 1.165) is 19.4 Å². The Balaban J connectivity index is 1.03. The lowest BCUT2D eigenvalue weighted by molar-refractivity contribution is 0.638. The van der Waals surface area contributed by atoms with Crippen molar-refractivity contribution in [3.63, 3.8) is 0 Å². The van der Waals surface area contributed by atoms with Gasteiger partial charge in [0.05, 0.1) is 11.0 Å². The highest BCUT2D eigenvalue weighted by Crippen LogP contribution is 2.41. The predicted molar refractivity (Wildman–Crippen MR) is 204 cm³/mol. The minimum absolute atomic E-state index is 0.359. The van der Waals surface area contributed by atoms with Crippen LogP contribution >= 0.6 is 0 Å². The van der Waals surface area contributed by atoms with E-state index in [4.69, 9.17) is 0 Å². The van der Waals surface area contributed by atoms with Gasteiger partial charge < -0.3 is 9.47 Å². The summed E-state index contributed by atoms with van der Waals surface area (Å²) in [6.45, 7) is 5.59. The molecule has 0 spiro atoms. The molecule has 2 atom stereocenters. The summed E-state index contributed by atoms with van der Waals surface area (Å²) >= 11 is 0. The molecule has 48 heavy (non-hydrogen) atoms. The van der Waals surface area contributed by atoms with Crippen LogP contribution in [0.2, 0.25) is 0 Å². The van der Waals surface area contributed by atoms with E-state index in [1.165, 1.54) is 71.9 Å². The smallest absolute Gasteiger partial charge is 0.0619 e. The first-order valence-corrected chi connectivity index (χ1v) is 17.5. The fourth-order valence-electron chi connectivity index (χ4n) is 8.13. The number of nitrogens with zero attached hydrogens (tertiary/aromatic N) is 2. The molecule has 2 aliphatic rings. The molecule has 0 amide bonds. The summed E-state index contributed by atoms with van der Waals surface area (Å²) < 4.78 is 2.45. The molecule has 9 rings (SSSR count). The summed E-state index contributed by atoms with van der Waals surface area (Å²) in [6, 6.07) is 49.6. The molecule has 7 aromatic rings. The van der Waals surface area contributed by atoms with Gasteiger partial charge in [-0.05, 0) is 76.7 Å². The van der Waals surface area contributed by atoms with Crippen LogP contribution in [-0.2, 0) is 6.42 Å². The Morgan fingerprint density at radius 3 is 2.23 bits per heavy atom. The van der Waals surface area contributed by atoms with Gasteiger partial charge in [0.15, 0.2) is 0 Å². The van der Waals surface area contributed by atoms with Gasteiger partial charge in [-0.25, -0.2) is 0 Å². The highest BCUT2D eigenvalue weighted by molar-refractivity contribution is 6.18. The maximum Gasteiger partial charge on any atom is 0.0619 e. The molecule has 2 unspecified atom stereocenters. The first kappa shape index (κ1) is 28.8. The SMILES string of the molecule is CC(C)c1ccc2c(c1)N(C1=CCC(c3ccc(-n4c5ccccc5c5ccc6ccccc6c54)cc3)C=C1)CC(c1ccccc1)C2. The molecule has 234 valence electrons. The van der Waals surface area contributed by atoms with Crippen molar-refractivity contribution in [2.45, 2.75) is 44.4 Å². The van der Waals surface area contributed by atoms with E-state index in [1.54, 1.807) is 0 Å². The summed E-state index contributed by atoms with van der Waals surface area (Å²) in [5.41, 5.74) is 12.1. The largest absolute Gasteiger partial charge is 0.341 e. The van der Waals surface area contributed by atoms with E-state index < -0.39 is 0 Å². The van der Waals surface area contributed by atoms with Crippen LogP contribution in [-0.4, -0.2) is 11.1 Å². The van der Waals surface area contributed by atoms with E-state index in [9.17, 15) is 0 Å². The number of aromatic nitrogens is 1. The van der Waals surface area contributed by atoms with Crippen molar-refractivity contribution in [1.29, 1.82) is 0 Å². The van der Waals surface area contributed by atoms with Gasteiger partial charge in [0.1, 0.15) is 0 Å². The molecule has 2 heterocycles. The number of rotatable bonds is 5. The summed E-state index contributed by atoms with van der Waals surface area (Å²) in [5.74, 6) is 1.34. The normalized spacial score (nSPS) is 17.7. The second-order valence-electron chi connectivity index (χ2n) is 13.9. The topological polar surface area (TPSA) is 8.17 Å². The predicted octanol–water partition coefficient (Wildman–Crippen LogP) is 11.8. The van der Waals surface area contributed by atoms with Crippen molar-refractivity contribution in [3.05, 3.63) is 180 Å². The molecule has 6 aromatic carbocycles. The zero-order valence-electron chi connectivity index (χ0n) is 27.7. The second kappa shape index (κ2) is 11.7.